The van der Waals surface area contributed by atoms with Crippen molar-refractivity contribution in [3.05, 3.63) is 30.1 Å². The zero-order valence-electron chi connectivity index (χ0n) is 11.5. The normalized spacial score (nSPS) is 21.5. The topological polar surface area (TPSA) is 57.6 Å². The molecule has 1 saturated heterocycles. The van der Waals surface area contributed by atoms with E-state index >= 15 is 0 Å². The van der Waals surface area contributed by atoms with Gasteiger partial charge in [-0.2, -0.15) is 0 Å². The zero-order chi connectivity index (χ0) is 15.4. The zero-order valence-corrected chi connectivity index (χ0v) is 13.1. The van der Waals surface area contributed by atoms with E-state index in [9.17, 15) is 14.0 Å². The number of carbonyl (C=O) groups excluding carboxylic acids is 1. The highest BCUT2D eigenvalue weighted by atomic mass is 32.2. The third-order valence-electron chi connectivity index (χ3n) is 3.21. The van der Waals surface area contributed by atoms with Crippen molar-refractivity contribution >= 4 is 35.4 Å². The van der Waals surface area contributed by atoms with Crippen molar-refractivity contribution in [2.75, 3.05) is 11.5 Å². The fourth-order valence-electron chi connectivity index (χ4n) is 2.15. The second-order valence-corrected chi connectivity index (χ2v) is 7.10. The van der Waals surface area contributed by atoms with E-state index in [4.69, 9.17) is 5.11 Å². The van der Waals surface area contributed by atoms with Gasteiger partial charge >= 0.3 is 5.97 Å². The summed E-state index contributed by atoms with van der Waals surface area (Å²) >= 11 is 2.73. The minimum absolute atomic E-state index is 0.128. The van der Waals surface area contributed by atoms with Gasteiger partial charge in [-0.3, -0.25) is 4.79 Å². The highest BCUT2D eigenvalue weighted by Gasteiger charge is 2.38. The first-order valence-corrected chi connectivity index (χ1v) is 8.57. The monoisotopic (exact) mass is 329 g/mol. The molecule has 2 atom stereocenters. The molecule has 0 bridgehead atoms. The Morgan fingerprint density at radius 1 is 1.48 bits per heavy atom. The fraction of sp³-hybridized carbons (Fsp3) is 0.429. The van der Waals surface area contributed by atoms with Crippen LogP contribution in [-0.2, 0) is 9.59 Å². The Balaban J connectivity index is 1.89. The second-order valence-electron chi connectivity index (χ2n) is 4.62. The molecule has 2 unspecified atom stereocenters. The molecule has 1 N–H and O–H groups in total. The number of nitrogens with zero attached hydrogens (tertiary/aromatic N) is 1. The summed E-state index contributed by atoms with van der Waals surface area (Å²) in [6, 6.07) is 5.65. The summed E-state index contributed by atoms with van der Waals surface area (Å²) in [5, 5.41) is 9.00. The third kappa shape index (κ3) is 3.91. The molecule has 0 spiro atoms. The number of amides is 1. The predicted octanol–water partition coefficient (Wildman–Crippen LogP) is 2.68. The van der Waals surface area contributed by atoms with Gasteiger partial charge in [-0.05, 0) is 19.1 Å². The smallest absolute Gasteiger partial charge is 0.327 e. The second kappa shape index (κ2) is 7.17. The van der Waals surface area contributed by atoms with Gasteiger partial charge < -0.3 is 10.0 Å². The van der Waals surface area contributed by atoms with Crippen molar-refractivity contribution < 1.29 is 19.1 Å². The van der Waals surface area contributed by atoms with Gasteiger partial charge in [0, 0.05) is 22.8 Å². The molecule has 114 valence electrons. The summed E-state index contributed by atoms with van der Waals surface area (Å²) in [5.41, 5.74) is 0. The van der Waals surface area contributed by atoms with Gasteiger partial charge in [0.05, 0.1) is 5.37 Å². The highest BCUT2D eigenvalue weighted by Crippen LogP contribution is 2.30. The molecule has 2 rings (SSSR count). The van der Waals surface area contributed by atoms with Crippen LogP contribution in [-0.4, -0.2) is 44.8 Å². The summed E-state index contributed by atoms with van der Waals surface area (Å²) in [6.45, 7) is 1.83. The summed E-state index contributed by atoms with van der Waals surface area (Å²) in [6.07, 6.45) is 0.202. The van der Waals surface area contributed by atoms with E-state index in [0.717, 1.165) is 0 Å². The van der Waals surface area contributed by atoms with Crippen molar-refractivity contribution in [1.82, 2.24) is 4.90 Å². The summed E-state index contributed by atoms with van der Waals surface area (Å²) < 4.78 is 13.4. The van der Waals surface area contributed by atoms with E-state index in [-0.39, 0.29) is 23.5 Å². The van der Waals surface area contributed by atoms with Crippen LogP contribution in [0.4, 0.5) is 4.39 Å². The molecule has 4 nitrogen and oxygen atoms in total. The summed E-state index contributed by atoms with van der Waals surface area (Å²) in [7, 11) is 0. The molecule has 0 aliphatic carbocycles. The van der Waals surface area contributed by atoms with Gasteiger partial charge in [0.15, 0.2) is 0 Å². The third-order valence-corrected chi connectivity index (χ3v) is 5.47. The summed E-state index contributed by atoms with van der Waals surface area (Å²) in [5.74, 6) is -0.614. The molecular formula is C14H16FNO3S2. The average molecular weight is 329 g/mol. The van der Waals surface area contributed by atoms with Crippen LogP contribution in [0.25, 0.3) is 0 Å². The van der Waals surface area contributed by atoms with Crippen LogP contribution in [0.5, 0.6) is 0 Å². The Bertz CT molecular complexity index is 541. The Morgan fingerprint density at radius 2 is 2.19 bits per heavy atom. The molecule has 0 saturated carbocycles. The predicted molar refractivity (Wildman–Crippen MR) is 81.9 cm³/mol. The minimum Gasteiger partial charge on any atom is -0.480 e. The van der Waals surface area contributed by atoms with Crippen molar-refractivity contribution in [2.45, 2.75) is 29.7 Å². The van der Waals surface area contributed by atoms with Crippen molar-refractivity contribution in [1.29, 1.82) is 0 Å². The average Bonchev–Trinajstić information content (AvgIpc) is 2.83. The van der Waals surface area contributed by atoms with Crippen LogP contribution in [0.15, 0.2) is 29.2 Å². The number of benzene rings is 1. The molecule has 0 aromatic heterocycles. The van der Waals surface area contributed by atoms with Crippen LogP contribution in [0.2, 0.25) is 0 Å². The van der Waals surface area contributed by atoms with E-state index in [1.807, 2.05) is 6.92 Å². The fourth-order valence-corrected chi connectivity index (χ4v) is 4.22. The van der Waals surface area contributed by atoms with E-state index in [0.29, 0.717) is 16.4 Å². The lowest BCUT2D eigenvalue weighted by Gasteiger charge is -2.24. The maximum absolute atomic E-state index is 13.4. The number of thioether (sulfide) groups is 2. The van der Waals surface area contributed by atoms with Gasteiger partial charge in [0.2, 0.25) is 5.91 Å². The first kappa shape index (κ1) is 16.2. The minimum atomic E-state index is -0.970. The van der Waals surface area contributed by atoms with Crippen molar-refractivity contribution in [3.8, 4) is 0 Å². The molecule has 1 heterocycles. The lowest BCUT2D eigenvalue weighted by Crippen LogP contribution is -2.44. The molecule has 1 fully saturated rings. The number of carboxylic acid groups (broad SMARTS) is 1. The number of halogens is 1. The van der Waals surface area contributed by atoms with Crippen LogP contribution in [0, 0.1) is 5.82 Å². The van der Waals surface area contributed by atoms with Crippen LogP contribution < -0.4 is 0 Å². The van der Waals surface area contributed by atoms with Gasteiger partial charge in [0.1, 0.15) is 11.9 Å². The molecule has 1 aliphatic heterocycles. The maximum Gasteiger partial charge on any atom is 0.327 e. The molecular weight excluding hydrogens is 313 g/mol. The lowest BCUT2D eigenvalue weighted by molar-refractivity contribution is -0.148. The van der Waals surface area contributed by atoms with E-state index in [1.165, 1.54) is 34.5 Å². The maximum atomic E-state index is 13.4. The Morgan fingerprint density at radius 3 is 2.86 bits per heavy atom. The van der Waals surface area contributed by atoms with Crippen molar-refractivity contribution in [3.63, 3.8) is 0 Å². The lowest BCUT2D eigenvalue weighted by atomic mass is 10.2. The first-order chi connectivity index (χ1) is 10.0. The standard InChI is InChI=1S/C14H16FNO3S2/c1-9-16(11(8-21-9)14(18)19)13(17)6-7-20-12-5-3-2-4-10(12)15/h2-5,9,11H,6-8H2,1H3,(H,18,19). The number of hydrogen-bond acceptors (Lipinski definition) is 4. The van der Waals surface area contributed by atoms with Crippen LogP contribution >= 0.6 is 23.5 Å². The quantitative estimate of drug-likeness (QED) is 0.842. The van der Waals surface area contributed by atoms with Gasteiger partial charge in [-0.1, -0.05) is 12.1 Å². The molecule has 1 aliphatic rings. The largest absolute Gasteiger partial charge is 0.480 e. The van der Waals surface area contributed by atoms with Crippen molar-refractivity contribution in [2.24, 2.45) is 0 Å². The molecule has 7 heteroatoms. The molecule has 21 heavy (non-hydrogen) atoms. The Kier molecular flexibility index (Phi) is 5.52. The van der Waals surface area contributed by atoms with Crippen LogP contribution in [0.1, 0.15) is 13.3 Å². The number of carbonyl (C=O) groups is 2. The molecule has 1 aromatic rings. The number of hydrogen-bond donors (Lipinski definition) is 1. The number of carboxylic acids is 1. The summed E-state index contributed by atoms with van der Waals surface area (Å²) in [4.78, 5) is 25.3. The van der Waals surface area contributed by atoms with E-state index < -0.39 is 12.0 Å². The highest BCUT2D eigenvalue weighted by molar-refractivity contribution is 8.00. The SMILES string of the molecule is CC1SCC(C(=O)O)N1C(=O)CCSc1ccccc1F. The van der Waals surface area contributed by atoms with Gasteiger partial charge in [-0.25, -0.2) is 9.18 Å². The Hall–Kier alpha value is -1.21. The molecule has 0 radical (unpaired) electrons. The molecule has 1 aromatic carbocycles. The van der Waals surface area contributed by atoms with Crippen LogP contribution in [0.3, 0.4) is 0 Å². The van der Waals surface area contributed by atoms with E-state index in [2.05, 4.69) is 0 Å². The van der Waals surface area contributed by atoms with E-state index in [1.54, 1.807) is 18.2 Å². The Labute approximate surface area is 131 Å². The number of rotatable bonds is 5. The van der Waals surface area contributed by atoms with Gasteiger partial charge in [0.25, 0.3) is 0 Å². The first-order valence-electron chi connectivity index (χ1n) is 6.53. The molecule has 1 amide bonds. The van der Waals surface area contributed by atoms with Gasteiger partial charge in [-0.15, -0.1) is 23.5 Å². The number of aliphatic carboxylic acids is 1.